The normalized spacial score (nSPS) is 11.5. The smallest absolute Gasteiger partial charge is 0.320 e. The number of hydrogen-bond acceptors (Lipinski definition) is 6. The summed E-state index contributed by atoms with van der Waals surface area (Å²) in [5.41, 5.74) is 0.721. The van der Waals surface area contributed by atoms with Crippen LogP contribution >= 0.6 is 0 Å². The number of hydrogen-bond donors (Lipinski definition) is 2. The molecule has 2 amide bonds. The summed E-state index contributed by atoms with van der Waals surface area (Å²) in [6.07, 6.45) is -0.00767. The molecule has 0 aliphatic carbocycles. The molecule has 0 spiro atoms. The molecule has 0 unspecified atom stereocenters. The maximum Gasteiger partial charge on any atom is 0.320 e. The topological polar surface area (TPSA) is 103 Å². The first-order chi connectivity index (χ1) is 12.0. The highest BCUT2D eigenvalue weighted by atomic mass is 16.5. The zero-order valence-corrected chi connectivity index (χ0v) is 14.4. The summed E-state index contributed by atoms with van der Waals surface area (Å²) in [7, 11) is 1.55. The molecule has 1 aromatic heterocycles. The average molecular weight is 347 g/mol. The van der Waals surface area contributed by atoms with Crippen LogP contribution in [0.2, 0.25) is 0 Å². The van der Waals surface area contributed by atoms with Gasteiger partial charge in [-0.3, -0.25) is 10.1 Å². The van der Waals surface area contributed by atoms with Gasteiger partial charge in [0.15, 0.2) is 5.82 Å². The minimum Gasteiger partial charge on any atom is -0.497 e. The van der Waals surface area contributed by atoms with Crippen molar-refractivity contribution >= 4 is 17.8 Å². The number of anilines is 1. The van der Waals surface area contributed by atoms with Gasteiger partial charge < -0.3 is 19.3 Å². The lowest BCUT2D eigenvalue weighted by Gasteiger charge is -2.19. The van der Waals surface area contributed by atoms with E-state index in [1.165, 1.54) is 0 Å². The largest absolute Gasteiger partial charge is 0.497 e. The number of aromatic nitrogens is 1. The second-order valence-corrected chi connectivity index (χ2v) is 5.26. The molecule has 8 heteroatoms. The Hall–Kier alpha value is -3.03. The summed E-state index contributed by atoms with van der Waals surface area (Å²) in [4.78, 5) is 24.1. The van der Waals surface area contributed by atoms with Gasteiger partial charge in [0.1, 0.15) is 11.5 Å². The molecule has 0 bridgehead atoms. The molecule has 1 aromatic carbocycles. The van der Waals surface area contributed by atoms with Crippen LogP contribution in [0.4, 0.5) is 10.6 Å². The minimum absolute atomic E-state index is 0.00767. The first-order valence-corrected chi connectivity index (χ1v) is 7.82. The van der Waals surface area contributed by atoms with E-state index in [4.69, 9.17) is 14.0 Å². The fraction of sp³-hybridized carbons (Fsp3) is 0.353. The molecule has 2 aromatic rings. The summed E-state index contributed by atoms with van der Waals surface area (Å²) in [6, 6.07) is 7.62. The summed E-state index contributed by atoms with van der Waals surface area (Å²) < 4.78 is 15.1. The number of nitrogens with zero attached hydrogens (tertiary/aromatic N) is 1. The van der Waals surface area contributed by atoms with Gasteiger partial charge in [-0.1, -0.05) is 17.3 Å². The van der Waals surface area contributed by atoms with Gasteiger partial charge in [-0.05, 0) is 31.5 Å². The van der Waals surface area contributed by atoms with Gasteiger partial charge in [0.25, 0.3) is 0 Å². The first-order valence-electron chi connectivity index (χ1n) is 7.82. The van der Waals surface area contributed by atoms with Crippen LogP contribution in [0.15, 0.2) is 34.9 Å². The number of nitrogens with one attached hydrogen (secondary N) is 2. The molecule has 134 valence electrons. The minimum atomic E-state index is -0.581. The Kier molecular flexibility index (Phi) is 6.39. The fourth-order valence-electron chi connectivity index (χ4n) is 2.23. The molecule has 0 fully saturated rings. The average Bonchev–Trinajstić information content (AvgIpc) is 2.99. The predicted molar refractivity (Wildman–Crippen MR) is 90.4 cm³/mol. The molecule has 0 radical (unpaired) electrons. The zero-order valence-electron chi connectivity index (χ0n) is 14.4. The summed E-state index contributed by atoms with van der Waals surface area (Å²) in [5.74, 6) is 1.08. The Bertz CT molecular complexity index is 729. The number of amides is 2. The van der Waals surface area contributed by atoms with Crippen LogP contribution in [0.25, 0.3) is 0 Å². The molecule has 0 saturated heterocycles. The Morgan fingerprint density at radius 2 is 2.12 bits per heavy atom. The molecule has 25 heavy (non-hydrogen) atoms. The van der Waals surface area contributed by atoms with Crippen LogP contribution < -0.4 is 15.4 Å². The second kappa shape index (κ2) is 8.72. The van der Waals surface area contributed by atoms with Gasteiger partial charge in [0, 0.05) is 6.07 Å². The van der Waals surface area contributed by atoms with E-state index in [9.17, 15) is 9.59 Å². The Labute approximate surface area is 145 Å². The van der Waals surface area contributed by atoms with E-state index in [1.807, 2.05) is 0 Å². The highest BCUT2D eigenvalue weighted by Crippen LogP contribution is 2.22. The SMILES string of the molecule is CCOC(=O)C[C@H](NC(=O)Nc1cc(C)on1)c1cccc(OC)c1. The maximum atomic E-state index is 12.2. The van der Waals surface area contributed by atoms with E-state index in [0.29, 0.717) is 11.5 Å². The van der Waals surface area contributed by atoms with Crippen LogP contribution in [-0.4, -0.2) is 30.9 Å². The van der Waals surface area contributed by atoms with Gasteiger partial charge in [0.05, 0.1) is 26.2 Å². The molecule has 8 nitrogen and oxygen atoms in total. The van der Waals surface area contributed by atoms with Crippen molar-refractivity contribution in [3.05, 3.63) is 41.7 Å². The number of urea groups is 1. The Balaban J connectivity index is 2.12. The standard InChI is InChI=1S/C17H21N3O5/c1-4-24-16(21)10-14(12-6-5-7-13(9-12)23-3)18-17(22)19-15-8-11(2)25-20-15/h5-9,14H,4,10H2,1-3H3,(H2,18,19,20,22)/t14-/m0/s1. The van der Waals surface area contributed by atoms with Crippen molar-refractivity contribution in [2.24, 2.45) is 0 Å². The number of methoxy groups -OCH3 is 1. The fourth-order valence-corrected chi connectivity index (χ4v) is 2.23. The van der Waals surface area contributed by atoms with E-state index >= 15 is 0 Å². The van der Waals surface area contributed by atoms with E-state index in [2.05, 4.69) is 15.8 Å². The van der Waals surface area contributed by atoms with E-state index in [1.54, 1.807) is 51.3 Å². The number of carbonyl (C=O) groups excluding carboxylic acids is 2. The van der Waals surface area contributed by atoms with Crippen LogP contribution in [0, 0.1) is 6.92 Å². The van der Waals surface area contributed by atoms with Crippen LogP contribution in [0.3, 0.4) is 0 Å². The van der Waals surface area contributed by atoms with E-state index in [-0.39, 0.29) is 18.8 Å². The third-order valence-electron chi connectivity index (χ3n) is 3.35. The quantitative estimate of drug-likeness (QED) is 0.747. The summed E-state index contributed by atoms with van der Waals surface area (Å²) in [5, 5.41) is 9.00. The molecule has 1 atom stereocenters. The van der Waals surface area contributed by atoms with Gasteiger partial charge >= 0.3 is 12.0 Å². The molecule has 2 rings (SSSR count). The van der Waals surface area contributed by atoms with Crippen LogP contribution in [0.5, 0.6) is 5.75 Å². The van der Waals surface area contributed by atoms with Crippen LogP contribution in [0.1, 0.15) is 30.7 Å². The van der Waals surface area contributed by atoms with Crippen molar-refractivity contribution in [1.29, 1.82) is 0 Å². The monoisotopic (exact) mass is 347 g/mol. The molecule has 0 saturated carbocycles. The molecule has 1 heterocycles. The first kappa shape index (κ1) is 18.3. The maximum absolute atomic E-state index is 12.2. The van der Waals surface area contributed by atoms with E-state index in [0.717, 1.165) is 5.56 Å². The second-order valence-electron chi connectivity index (χ2n) is 5.26. The lowest BCUT2D eigenvalue weighted by molar-refractivity contribution is -0.143. The van der Waals surface area contributed by atoms with Crippen molar-refractivity contribution in [1.82, 2.24) is 10.5 Å². The van der Waals surface area contributed by atoms with Crippen LogP contribution in [-0.2, 0) is 9.53 Å². The van der Waals surface area contributed by atoms with Crippen molar-refractivity contribution in [2.75, 3.05) is 19.0 Å². The highest BCUT2D eigenvalue weighted by molar-refractivity contribution is 5.88. The molecule has 2 N–H and O–H groups in total. The Morgan fingerprint density at radius 1 is 1.32 bits per heavy atom. The number of benzene rings is 1. The lowest BCUT2D eigenvalue weighted by Crippen LogP contribution is -2.34. The van der Waals surface area contributed by atoms with Crippen molar-refractivity contribution in [3.63, 3.8) is 0 Å². The molecule has 0 aliphatic rings. The number of esters is 1. The molecular weight excluding hydrogens is 326 g/mol. The number of aryl methyl sites for hydroxylation is 1. The number of rotatable bonds is 7. The summed E-state index contributed by atoms with van der Waals surface area (Å²) in [6.45, 7) is 3.72. The predicted octanol–water partition coefficient (Wildman–Crippen LogP) is 2.81. The molecule has 0 aliphatic heterocycles. The third kappa shape index (κ3) is 5.52. The van der Waals surface area contributed by atoms with Gasteiger partial charge in [-0.2, -0.15) is 0 Å². The highest BCUT2D eigenvalue weighted by Gasteiger charge is 2.20. The summed E-state index contributed by atoms with van der Waals surface area (Å²) >= 11 is 0. The Morgan fingerprint density at radius 3 is 2.76 bits per heavy atom. The third-order valence-corrected chi connectivity index (χ3v) is 3.35. The number of carbonyl (C=O) groups is 2. The van der Waals surface area contributed by atoms with Gasteiger partial charge in [-0.15, -0.1) is 0 Å². The lowest BCUT2D eigenvalue weighted by atomic mass is 10.0. The van der Waals surface area contributed by atoms with E-state index < -0.39 is 18.0 Å². The van der Waals surface area contributed by atoms with Gasteiger partial charge in [0.2, 0.25) is 0 Å². The number of ether oxygens (including phenoxy) is 2. The molecular formula is C17H21N3O5. The van der Waals surface area contributed by atoms with Crippen molar-refractivity contribution < 1.29 is 23.6 Å². The van der Waals surface area contributed by atoms with Crippen molar-refractivity contribution in [3.8, 4) is 5.75 Å². The van der Waals surface area contributed by atoms with Gasteiger partial charge in [-0.25, -0.2) is 4.79 Å². The zero-order chi connectivity index (χ0) is 18.2. The van der Waals surface area contributed by atoms with Crippen molar-refractivity contribution in [2.45, 2.75) is 26.3 Å².